The van der Waals surface area contributed by atoms with E-state index in [1.165, 1.54) is 32.4 Å². The summed E-state index contributed by atoms with van der Waals surface area (Å²) in [6.07, 6.45) is 4.86. The molecule has 2 amide bonds. The molecule has 1 fully saturated rings. The molecule has 0 aromatic heterocycles. The van der Waals surface area contributed by atoms with Crippen molar-refractivity contribution in [3.63, 3.8) is 0 Å². The Morgan fingerprint density at radius 3 is 2.27 bits per heavy atom. The van der Waals surface area contributed by atoms with Crippen LogP contribution in [0.25, 0.3) is 0 Å². The van der Waals surface area contributed by atoms with Crippen molar-refractivity contribution in [2.45, 2.75) is 25.7 Å². The summed E-state index contributed by atoms with van der Waals surface area (Å²) in [5, 5.41) is 10.5. The van der Waals surface area contributed by atoms with Crippen LogP contribution in [0.4, 0.5) is 10.5 Å². The number of amides is 2. The summed E-state index contributed by atoms with van der Waals surface area (Å²) in [6.45, 7) is 3.94. The minimum absolute atomic E-state index is 0.198. The topological polar surface area (TPSA) is 47.9 Å². The maximum atomic E-state index is 12.8. The van der Waals surface area contributed by atoms with E-state index in [-0.39, 0.29) is 11.9 Å². The molecule has 4 rings (SSSR count). The normalized spacial score (nSPS) is 19.6. The monoisotopic (exact) mass is 444 g/mol. The first-order valence-electron chi connectivity index (χ1n) is 10.5. The molecule has 1 N–H and O–H groups in total. The zero-order valence-electron chi connectivity index (χ0n) is 16.9. The number of nitrogens with one attached hydrogen (secondary N) is 1. The van der Waals surface area contributed by atoms with E-state index in [0.29, 0.717) is 22.3 Å². The Kier molecular flexibility index (Phi) is 6.93. The van der Waals surface area contributed by atoms with Gasteiger partial charge >= 0.3 is 6.03 Å². The molecule has 0 bridgehead atoms. The van der Waals surface area contributed by atoms with Gasteiger partial charge in [0.25, 0.3) is 0 Å². The number of anilines is 1. The standard InChI is InChI=1S/C23H26Cl2N4O/c24-19-6-4-17(5-7-19)22-18(12-15-28-13-2-1-3-14-28)16-29(27-22)23(30)26-21-10-8-20(25)9-11-21/h4-11,18H,1-3,12-16H2,(H,26,30). The summed E-state index contributed by atoms with van der Waals surface area (Å²) in [6, 6.07) is 14.6. The number of likely N-dealkylation sites (tertiary alicyclic amines) is 1. The maximum Gasteiger partial charge on any atom is 0.342 e. The number of nitrogens with zero attached hydrogens (tertiary/aromatic N) is 3. The van der Waals surface area contributed by atoms with Crippen molar-refractivity contribution in [3.8, 4) is 0 Å². The number of benzene rings is 2. The third-order valence-electron chi connectivity index (χ3n) is 5.72. The molecule has 30 heavy (non-hydrogen) atoms. The molecule has 1 saturated heterocycles. The summed E-state index contributed by atoms with van der Waals surface area (Å²) in [5.74, 6) is 0.198. The van der Waals surface area contributed by atoms with Crippen LogP contribution in [0.1, 0.15) is 31.2 Å². The molecule has 2 aliphatic heterocycles. The zero-order chi connectivity index (χ0) is 20.9. The van der Waals surface area contributed by atoms with Crippen LogP contribution in [0.2, 0.25) is 10.0 Å². The number of piperidine rings is 1. The van der Waals surface area contributed by atoms with Gasteiger partial charge in [-0.05, 0) is 80.9 Å². The van der Waals surface area contributed by atoms with Crippen molar-refractivity contribution in [1.82, 2.24) is 9.91 Å². The third-order valence-corrected chi connectivity index (χ3v) is 6.22. The van der Waals surface area contributed by atoms with E-state index >= 15 is 0 Å². The van der Waals surface area contributed by atoms with Gasteiger partial charge in [0.2, 0.25) is 0 Å². The largest absolute Gasteiger partial charge is 0.342 e. The number of carbonyl (C=O) groups is 1. The van der Waals surface area contributed by atoms with Crippen LogP contribution in [0, 0.1) is 5.92 Å². The first kappa shape index (κ1) is 21.2. The highest BCUT2D eigenvalue weighted by atomic mass is 35.5. The van der Waals surface area contributed by atoms with Crippen molar-refractivity contribution in [2.24, 2.45) is 11.0 Å². The van der Waals surface area contributed by atoms with Gasteiger partial charge in [-0.1, -0.05) is 41.8 Å². The number of hydrogen-bond acceptors (Lipinski definition) is 3. The lowest BCUT2D eigenvalue weighted by atomic mass is 9.94. The molecule has 2 aromatic rings. The Morgan fingerprint density at radius 1 is 0.967 bits per heavy atom. The Bertz CT molecular complexity index is 892. The number of hydrogen-bond donors (Lipinski definition) is 1. The molecule has 158 valence electrons. The highest BCUT2D eigenvalue weighted by Gasteiger charge is 2.31. The molecule has 2 aliphatic rings. The highest BCUT2D eigenvalue weighted by molar-refractivity contribution is 6.31. The highest BCUT2D eigenvalue weighted by Crippen LogP contribution is 2.25. The number of rotatable bonds is 5. The summed E-state index contributed by atoms with van der Waals surface area (Å²) < 4.78 is 0. The van der Waals surface area contributed by atoms with Crippen molar-refractivity contribution >= 4 is 40.6 Å². The van der Waals surface area contributed by atoms with Crippen LogP contribution >= 0.6 is 23.2 Å². The lowest BCUT2D eigenvalue weighted by Gasteiger charge is -2.27. The molecule has 0 aliphatic carbocycles. The van der Waals surface area contributed by atoms with Crippen LogP contribution in [0.15, 0.2) is 53.6 Å². The molecule has 2 aromatic carbocycles. The molecule has 1 atom stereocenters. The summed E-state index contributed by atoms with van der Waals surface area (Å²) in [4.78, 5) is 15.4. The van der Waals surface area contributed by atoms with E-state index in [2.05, 4.69) is 10.2 Å². The van der Waals surface area contributed by atoms with Gasteiger partial charge in [-0.15, -0.1) is 0 Å². The molecule has 0 saturated carbocycles. The van der Waals surface area contributed by atoms with Gasteiger partial charge in [-0.25, -0.2) is 9.80 Å². The van der Waals surface area contributed by atoms with Crippen LogP contribution in [0.3, 0.4) is 0 Å². The van der Waals surface area contributed by atoms with Crippen molar-refractivity contribution in [2.75, 3.05) is 31.5 Å². The van der Waals surface area contributed by atoms with E-state index in [1.54, 1.807) is 29.3 Å². The second kappa shape index (κ2) is 9.82. The number of hydrazone groups is 1. The molecule has 1 unspecified atom stereocenters. The zero-order valence-corrected chi connectivity index (χ0v) is 18.4. The predicted molar refractivity (Wildman–Crippen MR) is 124 cm³/mol. The van der Waals surface area contributed by atoms with Crippen LogP contribution in [-0.2, 0) is 0 Å². The van der Waals surface area contributed by atoms with Gasteiger partial charge in [0.05, 0.1) is 12.3 Å². The lowest BCUT2D eigenvalue weighted by Crippen LogP contribution is -2.34. The Morgan fingerprint density at radius 2 is 1.60 bits per heavy atom. The molecule has 7 heteroatoms. The van der Waals surface area contributed by atoms with E-state index in [9.17, 15) is 4.79 Å². The minimum atomic E-state index is -0.232. The van der Waals surface area contributed by atoms with Crippen LogP contribution in [-0.4, -0.2) is 47.8 Å². The van der Waals surface area contributed by atoms with E-state index in [4.69, 9.17) is 28.3 Å². The van der Waals surface area contributed by atoms with Crippen molar-refractivity contribution < 1.29 is 4.79 Å². The second-order valence-corrected chi connectivity index (χ2v) is 8.77. The van der Waals surface area contributed by atoms with Gasteiger partial charge in [0.15, 0.2) is 0 Å². The van der Waals surface area contributed by atoms with Gasteiger partial charge in [0, 0.05) is 21.7 Å². The number of halogens is 2. The number of urea groups is 1. The molecule has 5 nitrogen and oxygen atoms in total. The fourth-order valence-electron chi connectivity index (χ4n) is 4.06. The smallest absolute Gasteiger partial charge is 0.306 e. The fourth-order valence-corrected chi connectivity index (χ4v) is 4.31. The quantitative estimate of drug-likeness (QED) is 0.638. The summed E-state index contributed by atoms with van der Waals surface area (Å²) in [7, 11) is 0. The third kappa shape index (κ3) is 5.34. The Balaban J connectivity index is 1.47. The summed E-state index contributed by atoms with van der Waals surface area (Å²) >= 11 is 12.0. The minimum Gasteiger partial charge on any atom is -0.306 e. The average Bonchev–Trinajstić information content (AvgIpc) is 3.20. The molecule has 0 spiro atoms. The summed E-state index contributed by atoms with van der Waals surface area (Å²) in [5.41, 5.74) is 2.67. The van der Waals surface area contributed by atoms with E-state index < -0.39 is 0 Å². The van der Waals surface area contributed by atoms with Gasteiger partial charge in [-0.3, -0.25) is 0 Å². The average molecular weight is 445 g/mol. The van der Waals surface area contributed by atoms with Crippen molar-refractivity contribution in [1.29, 1.82) is 0 Å². The molecule has 2 heterocycles. The van der Waals surface area contributed by atoms with E-state index in [1.807, 2.05) is 24.3 Å². The lowest BCUT2D eigenvalue weighted by molar-refractivity contribution is 0.205. The second-order valence-electron chi connectivity index (χ2n) is 7.90. The van der Waals surface area contributed by atoms with Gasteiger partial charge in [0.1, 0.15) is 0 Å². The Labute approximate surface area is 187 Å². The van der Waals surface area contributed by atoms with Crippen molar-refractivity contribution in [3.05, 3.63) is 64.1 Å². The van der Waals surface area contributed by atoms with Crippen LogP contribution in [0.5, 0.6) is 0 Å². The fraction of sp³-hybridized carbons (Fsp3) is 0.391. The predicted octanol–water partition coefficient (Wildman–Crippen LogP) is 5.74. The van der Waals surface area contributed by atoms with E-state index in [0.717, 1.165) is 24.2 Å². The maximum absolute atomic E-state index is 12.8. The molecular weight excluding hydrogens is 419 g/mol. The first-order valence-corrected chi connectivity index (χ1v) is 11.2. The van der Waals surface area contributed by atoms with Gasteiger partial charge < -0.3 is 10.2 Å². The molecule has 0 radical (unpaired) electrons. The van der Waals surface area contributed by atoms with Crippen LogP contribution < -0.4 is 5.32 Å². The number of carbonyl (C=O) groups excluding carboxylic acids is 1. The SMILES string of the molecule is O=C(Nc1ccc(Cl)cc1)N1CC(CCN2CCCCC2)C(c2ccc(Cl)cc2)=N1. The Hall–Kier alpha value is -2.08. The van der Waals surface area contributed by atoms with Gasteiger partial charge in [-0.2, -0.15) is 5.10 Å². The molecular formula is C23H26Cl2N4O. The first-order chi connectivity index (χ1) is 14.6.